The van der Waals surface area contributed by atoms with Crippen molar-refractivity contribution >= 4 is 17.3 Å². The van der Waals surface area contributed by atoms with Gasteiger partial charge in [-0.15, -0.1) is 0 Å². The van der Waals surface area contributed by atoms with Crippen LogP contribution in [-0.4, -0.2) is 27.0 Å². The molecule has 0 spiro atoms. The van der Waals surface area contributed by atoms with Crippen molar-refractivity contribution in [1.29, 1.82) is 0 Å². The summed E-state index contributed by atoms with van der Waals surface area (Å²) in [6, 6.07) is 3.77. The Balaban J connectivity index is 2.01. The van der Waals surface area contributed by atoms with Crippen molar-refractivity contribution < 1.29 is 0 Å². The molecule has 96 valence electrons. The molecule has 0 saturated heterocycles. The molecule has 0 aliphatic carbocycles. The number of rotatable bonds is 5. The summed E-state index contributed by atoms with van der Waals surface area (Å²) < 4.78 is 0. The Bertz CT molecular complexity index is 486. The molecule has 0 amide bonds. The summed E-state index contributed by atoms with van der Waals surface area (Å²) in [6.45, 7) is 4.56. The van der Waals surface area contributed by atoms with Gasteiger partial charge in [0, 0.05) is 30.5 Å². The first-order valence-corrected chi connectivity index (χ1v) is 5.77. The van der Waals surface area contributed by atoms with E-state index in [0.29, 0.717) is 6.54 Å². The minimum atomic E-state index is -0.279. The van der Waals surface area contributed by atoms with Gasteiger partial charge in [0.25, 0.3) is 0 Å². The first kappa shape index (κ1) is 12.4. The number of hydrogen-bond acceptors (Lipinski definition) is 5. The van der Waals surface area contributed by atoms with Crippen LogP contribution < -0.4 is 16.4 Å². The van der Waals surface area contributed by atoms with Crippen molar-refractivity contribution in [3.05, 3.63) is 30.9 Å². The fraction of sp³-hybridized carbons (Fsp3) is 0.333. The van der Waals surface area contributed by atoms with Crippen LogP contribution in [0.1, 0.15) is 13.8 Å². The lowest BCUT2D eigenvalue weighted by Crippen LogP contribution is -2.39. The summed E-state index contributed by atoms with van der Waals surface area (Å²) in [5.74, 6) is 1.49. The van der Waals surface area contributed by atoms with Crippen molar-refractivity contribution in [3.8, 4) is 0 Å². The van der Waals surface area contributed by atoms with Gasteiger partial charge in [0.05, 0.1) is 5.69 Å². The Labute approximate surface area is 106 Å². The van der Waals surface area contributed by atoms with E-state index in [9.17, 15) is 0 Å². The van der Waals surface area contributed by atoms with Gasteiger partial charge in [0.1, 0.15) is 18.0 Å². The molecule has 0 bridgehead atoms. The predicted molar refractivity (Wildman–Crippen MR) is 72.9 cm³/mol. The van der Waals surface area contributed by atoms with Gasteiger partial charge in [-0.3, -0.25) is 0 Å². The van der Waals surface area contributed by atoms with E-state index in [1.807, 2.05) is 38.4 Å². The van der Waals surface area contributed by atoms with E-state index < -0.39 is 0 Å². The molecule has 0 aromatic carbocycles. The van der Waals surface area contributed by atoms with Crippen molar-refractivity contribution in [2.45, 2.75) is 19.4 Å². The molecule has 0 saturated carbocycles. The summed E-state index contributed by atoms with van der Waals surface area (Å²) in [6.07, 6.45) is 5.22. The standard InChI is InChI=1S/C12H18N6/c1-12(2,13)7-15-10-5-11(17-8-16-10)18-9-3-4-14-6-9/h3-6,8,14H,7,13H2,1-2H3,(H2,15,16,17,18). The molecule has 2 aromatic heterocycles. The normalized spacial score (nSPS) is 11.3. The summed E-state index contributed by atoms with van der Waals surface area (Å²) in [4.78, 5) is 11.3. The minimum Gasteiger partial charge on any atom is -0.368 e. The lowest BCUT2D eigenvalue weighted by atomic mass is 10.1. The molecule has 5 N–H and O–H groups in total. The second-order valence-corrected chi connectivity index (χ2v) is 4.86. The number of aromatic nitrogens is 3. The zero-order valence-electron chi connectivity index (χ0n) is 10.6. The van der Waals surface area contributed by atoms with Crippen LogP contribution in [-0.2, 0) is 0 Å². The molecule has 0 unspecified atom stereocenters. The molecule has 6 nitrogen and oxygen atoms in total. The summed E-state index contributed by atoms with van der Waals surface area (Å²) in [7, 11) is 0. The number of hydrogen-bond donors (Lipinski definition) is 4. The number of anilines is 3. The highest BCUT2D eigenvalue weighted by Crippen LogP contribution is 2.15. The highest BCUT2D eigenvalue weighted by molar-refractivity contribution is 5.57. The number of H-pyrrole nitrogens is 1. The Morgan fingerprint density at radius 2 is 2.11 bits per heavy atom. The third-order valence-electron chi connectivity index (χ3n) is 2.26. The van der Waals surface area contributed by atoms with Crippen molar-refractivity contribution in [2.75, 3.05) is 17.2 Å². The number of nitrogens with one attached hydrogen (secondary N) is 3. The molecule has 0 radical (unpaired) electrons. The van der Waals surface area contributed by atoms with Crippen LogP contribution in [0.3, 0.4) is 0 Å². The van der Waals surface area contributed by atoms with Gasteiger partial charge in [-0.2, -0.15) is 0 Å². The van der Waals surface area contributed by atoms with E-state index in [-0.39, 0.29) is 5.54 Å². The van der Waals surface area contributed by atoms with E-state index in [2.05, 4.69) is 25.6 Å². The molecule has 2 rings (SSSR count). The third kappa shape index (κ3) is 3.74. The second-order valence-electron chi connectivity index (χ2n) is 4.86. The Morgan fingerprint density at radius 3 is 2.78 bits per heavy atom. The smallest absolute Gasteiger partial charge is 0.135 e. The van der Waals surface area contributed by atoms with E-state index in [4.69, 9.17) is 5.73 Å². The number of nitrogens with two attached hydrogens (primary N) is 1. The maximum Gasteiger partial charge on any atom is 0.135 e. The van der Waals surface area contributed by atoms with Gasteiger partial charge in [-0.25, -0.2) is 9.97 Å². The van der Waals surface area contributed by atoms with Crippen LogP contribution in [0.2, 0.25) is 0 Å². The van der Waals surface area contributed by atoms with Crippen LogP contribution in [0, 0.1) is 0 Å². The molecule has 6 heteroatoms. The Kier molecular flexibility index (Phi) is 3.47. The molecular formula is C12H18N6. The van der Waals surface area contributed by atoms with Crippen LogP contribution in [0.15, 0.2) is 30.9 Å². The maximum absolute atomic E-state index is 5.91. The Hall–Kier alpha value is -2.08. The topological polar surface area (TPSA) is 91.7 Å². The van der Waals surface area contributed by atoms with Gasteiger partial charge in [0.2, 0.25) is 0 Å². The largest absolute Gasteiger partial charge is 0.368 e. The molecule has 0 aliphatic rings. The maximum atomic E-state index is 5.91. The van der Waals surface area contributed by atoms with Crippen molar-refractivity contribution in [3.63, 3.8) is 0 Å². The highest BCUT2D eigenvalue weighted by Gasteiger charge is 2.10. The second kappa shape index (κ2) is 5.05. The molecule has 0 atom stereocenters. The lowest BCUT2D eigenvalue weighted by molar-refractivity contribution is 0.548. The van der Waals surface area contributed by atoms with Crippen LogP contribution in [0.25, 0.3) is 0 Å². The number of nitrogens with zero attached hydrogens (tertiary/aromatic N) is 2. The summed E-state index contributed by atoms with van der Waals surface area (Å²) >= 11 is 0. The van der Waals surface area contributed by atoms with Gasteiger partial charge < -0.3 is 21.4 Å². The lowest BCUT2D eigenvalue weighted by Gasteiger charge is -2.19. The molecule has 2 aromatic rings. The van der Waals surface area contributed by atoms with Crippen LogP contribution >= 0.6 is 0 Å². The molecule has 0 aliphatic heterocycles. The van der Waals surface area contributed by atoms with Gasteiger partial charge >= 0.3 is 0 Å². The molecular weight excluding hydrogens is 228 g/mol. The summed E-state index contributed by atoms with van der Waals surface area (Å²) in [5, 5.41) is 6.35. The molecule has 0 fully saturated rings. The monoisotopic (exact) mass is 246 g/mol. The average molecular weight is 246 g/mol. The van der Waals surface area contributed by atoms with E-state index in [1.54, 1.807) is 0 Å². The van der Waals surface area contributed by atoms with Gasteiger partial charge in [-0.05, 0) is 19.9 Å². The van der Waals surface area contributed by atoms with E-state index in [1.165, 1.54) is 6.33 Å². The van der Waals surface area contributed by atoms with Crippen LogP contribution in [0.5, 0.6) is 0 Å². The fourth-order valence-corrected chi connectivity index (χ4v) is 1.39. The van der Waals surface area contributed by atoms with Crippen molar-refractivity contribution in [2.24, 2.45) is 5.73 Å². The van der Waals surface area contributed by atoms with Crippen LogP contribution in [0.4, 0.5) is 17.3 Å². The zero-order valence-corrected chi connectivity index (χ0v) is 10.6. The third-order valence-corrected chi connectivity index (χ3v) is 2.26. The SMILES string of the molecule is CC(C)(N)CNc1cc(Nc2cc[nH]c2)ncn1. The van der Waals surface area contributed by atoms with Crippen molar-refractivity contribution in [1.82, 2.24) is 15.0 Å². The van der Waals surface area contributed by atoms with Gasteiger partial charge in [-0.1, -0.05) is 0 Å². The first-order valence-electron chi connectivity index (χ1n) is 5.77. The molecule has 18 heavy (non-hydrogen) atoms. The highest BCUT2D eigenvalue weighted by atomic mass is 15.1. The number of aromatic amines is 1. The summed E-state index contributed by atoms with van der Waals surface area (Å²) in [5.41, 5.74) is 6.58. The van der Waals surface area contributed by atoms with Gasteiger partial charge in [0.15, 0.2) is 0 Å². The molecule has 2 heterocycles. The quantitative estimate of drug-likeness (QED) is 0.644. The van der Waals surface area contributed by atoms with E-state index >= 15 is 0 Å². The predicted octanol–water partition coefficient (Wildman–Crippen LogP) is 1.70. The Morgan fingerprint density at radius 1 is 1.33 bits per heavy atom. The minimum absolute atomic E-state index is 0.279. The fourth-order valence-electron chi connectivity index (χ4n) is 1.39. The first-order chi connectivity index (χ1) is 8.53. The zero-order chi connectivity index (χ0) is 13.0. The van der Waals surface area contributed by atoms with E-state index in [0.717, 1.165) is 17.3 Å². The average Bonchev–Trinajstić information content (AvgIpc) is 2.79.